The fourth-order valence-electron chi connectivity index (χ4n) is 1.52. The van der Waals surface area contributed by atoms with Crippen LogP contribution in [-0.4, -0.2) is 29.1 Å². The topological polar surface area (TPSA) is 145 Å². The van der Waals surface area contributed by atoms with E-state index in [9.17, 15) is 14.4 Å². The number of nitrogens with zero attached hydrogens (tertiary/aromatic N) is 1. The minimum absolute atomic E-state index is 0.256. The molecule has 0 aliphatic heterocycles. The summed E-state index contributed by atoms with van der Waals surface area (Å²) in [5.41, 5.74) is 6.12. The molecule has 8 nitrogen and oxygen atoms in total. The van der Waals surface area contributed by atoms with Crippen molar-refractivity contribution in [3.63, 3.8) is 0 Å². The van der Waals surface area contributed by atoms with Crippen molar-refractivity contribution in [2.24, 2.45) is 5.73 Å². The maximum Gasteiger partial charge on any atom is 0.326 e. The van der Waals surface area contributed by atoms with Gasteiger partial charge in [-0.2, -0.15) is 5.26 Å². The third kappa shape index (κ3) is 5.61. The largest absolute Gasteiger partial charge is 0.480 e. The number of urea groups is 1. The SMILES string of the molecule is N#CCc1ccc(NC(=O)NC(CC(N)=O)C(=O)O)cc1. The highest BCUT2D eigenvalue weighted by molar-refractivity contribution is 5.93. The third-order valence-corrected chi connectivity index (χ3v) is 2.50. The predicted octanol–water partition coefficient (Wildman–Crippen LogP) is 0.203. The number of hydrogen-bond donors (Lipinski definition) is 4. The van der Waals surface area contributed by atoms with Crippen LogP contribution in [0.5, 0.6) is 0 Å². The number of carboxylic acid groups (broad SMARTS) is 1. The number of nitrogens with two attached hydrogens (primary N) is 1. The summed E-state index contributed by atoms with van der Waals surface area (Å²) in [5, 5.41) is 21.9. The molecule has 0 aliphatic carbocycles. The highest BCUT2D eigenvalue weighted by Gasteiger charge is 2.22. The minimum atomic E-state index is -1.39. The molecule has 0 heterocycles. The Labute approximate surface area is 120 Å². The van der Waals surface area contributed by atoms with Gasteiger partial charge in [-0.1, -0.05) is 12.1 Å². The van der Waals surface area contributed by atoms with Gasteiger partial charge in [-0.05, 0) is 17.7 Å². The Bertz CT molecular complexity index is 577. The summed E-state index contributed by atoms with van der Waals surface area (Å²) in [6, 6.07) is 6.32. The highest BCUT2D eigenvalue weighted by Crippen LogP contribution is 2.09. The maximum atomic E-state index is 11.6. The Kier molecular flexibility index (Phi) is 5.70. The van der Waals surface area contributed by atoms with E-state index in [1.165, 1.54) is 0 Å². The van der Waals surface area contributed by atoms with Crippen molar-refractivity contribution < 1.29 is 19.5 Å². The molecule has 0 bridgehead atoms. The van der Waals surface area contributed by atoms with Gasteiger partial charge in [0.25, 0.3) is 0 Å². The van der Waals surface area contributed by atoms with Crippen molar-refractivity contribution in [2.75, 3.05) is 5.32 Å². The first-order chi connectivity index (χ1) is 9.92. The monoisotopic (exact) mass is 290 g/mol. The molecule has 3 amide bonds. The maximum absolute atomic E-state index is 11.6. The number of amides is 3. The van der Waals surface area contributed by atoms with E-state index in [-0.39, 0.29) is 6.42 Å². The molecular weight excluding hydrogens is 276 g/mol. The van der Waals surface area contributed by atoms with E-state index in [0.29, 0.717) is 5.69 Å². The zero-order chi connectivity index (χ0) is 15.8. The van der Waals surface area contributed by atoms with Gasteiger partial charge >= 0.3 is 12.0 Å². The first-order valence-corrected chi connectivity index (χ1v) is 5.97. The summed E-state index contributed by atoms with van der Waals surface area (Å²) < 4.78 is 0. The lowest BCUT2D eigenvalue weighted by molar-refractivity contribution is -0.140. The molecule has 0 aliphatic rings. The van der Waals surface area contributed by atoms with Crippen LogP contribution in [-0.2, 0) is 16.0 Å². The second-order valence-electron chi connectivity index (χ2n) is 4.19. The highest BCUT2D eigenvalue weighted by atomic mass is 16.4. The predicted molar refractivity (Wildman–Crippen MR) is 73.1 cm³/mol. The van der Waals surface area contributed by atoms with Gasteiger partial charge in [-0.15, -0.1) is 0 Å². The molecule has 1 aromatic carbocycles. The van der Waals surface area contributed by atoms with Crippen LogP contribution < -0.4 is 16.4 Å². The van der Waals surface area contributed by atoms with Crippen LogP contribution in [0.3, 0.4) is 0 Å². The molecule has 1 aromatic rings. The Morgan fingerprint density at radius 1 is 1.29 bits per heavy atom. The van der Waals surface area contributed by atoms with E-state index in [1.54, 1.807) is 24.3 Å². The normalized spacial score (nSPS) is 11.0. The average molecular weight is 290 g/mol. The number of anilines is 1. The van der Waals surface area contributed by atoms with Gasteiger partial charge in [0.1, 0.15) is 6.04 Å². The van der Waals surface area contributed by atoms with E-state index in [0.717, 1.165) is 5.56 Å². The molecule has 1 rings (SSSR count). The third-order valence-electron chi connectivity index (χ3n) is 2.50. The number of nitrogens with one attached hydrogen (secondary N) is 2. The molecule has 110 valence electrons. The second kappa shape index (κ2) is 7.49. The minimum Gasteiger partial charge on any atom is -0.480 e. The van der Waals surface area contributed by atoms with Crippen LogP contribution in [0, 0.1) is 11.3 Å². The molecule has 0 radical (unpaired) electrons. The van der Waals surface area contributed by atoms with E-state index in [4.69, 9.17) is 16.1 Å². The lowest BCUT2D eigenvalue weighted by atomic mass is 10.1. The summed E-state index contributed by atoms with van der Waals surface area (Å²) in [6.07, 6.45) is -0.240. The van der Waals surface area contributed by atoms with Crippen molar-refractivity contribution in [2.45, 2.75) is 18.9 Å². The summed E-state index contributed by atoms with van der Waals surface area (Å²) in [7, 11) is 0. The molecule has 21 heavy (non-hydrogen) atoms. The number of carbonyl (C=O) groups excluding carboxylic acids is 2. The van der Waals surface area contributed by atoms with Crippen molar-refractivity contribution in [1.29, 1.82) is 5.26 Å². The van der Waals surface area contributed by atoms with Crippen molar-refractivity contribution in [3.8, 4) is 6.07 Å². The second-order valence-corrected chi connectivity index (χ2v) is 4.19. The molecule has 1 unspecified atom stereocenters. The molecule has 0 saturated heterocycles. The molecule has 5 N–H and O–H groups in total. The van der Waals surface area contributed by atoms with Gasteiger partial charge in [0.15, 0.2) is 0 Å². The Balaban J connectivity index is 2.61. The summed E-state index contributed by atoms with van der Waals surface area (Å²) in [4.78, 5) is 33.2. The number of hydrogen-bond acceptors (Lipinski definition) is 4. The lowest BCUT2D eigenvalue weighted by Crippen LogP contribution is -2.45. The van der Waals surface area contributed by atoms with Crippen LogP contribution in [0.15, 0.2) is 24.3 Å². The Morgan fingerprint density at radius 3 is 2.38 bits per heavy atom. The molecular formula is C13H14N4O4. The smallest absolute Gasteiger partial charge is 0.326 e. The number of rotatable bonds is 6. The van der Waals surface area contributed by atoms with Crippen LogP contribution in [0.2, 0.25) is 0 Å². The van der Waals surface area contributed by atoms with Gasteiger partial charge in [0, 0.05) is 5.69 Å². The van der Waals surface area contributed by atoms with Gasteiger partial charge in [-0.25, -0.2) is 9.59 Å². The molecule has 0 spiro atoms. The number of carbonyl (C=O) groups is 3. The van der Waals surface area contributed by atoms with E-state index < -0.39 is 30.4 Å². The number of primary amides is 1. The van der Waals surface area contributed by atoms with Crippen LogP contribution >= 0.6 is 0 Å². The summed E-state index contributed by atoms with van der Waals surface area (Å²) in [5.74, 6) is -2.18. The van der Waals surface area contributed by atoms with Crippen molar-refractivity contribution >= 4 is 23.6 Å². The fourth-order valence-corrected chi connectivity index (χ4v) is 1.52. The summed E-state index contributed by atoms with van der Waals surface area (Å²) >= 11 is 0. The standard InChI is InChI=1S/C13H14N4O4/c14-6-5-8-1-3-9(4-2-8)16-13(21)17-10(12(19)20)7-11(15)18/h1-4,10H,5,7H2,(H2,15,18)(H,19,20)(H2,16,17,21). The first-order valence-electron chi connectivity index (χ1n) is 5.97. The molecule has 0 fully saturated rings. The quantitative estimate of drug-likeness (QED) is 0.591. The zero-order valence-electron chi connectivity index (χ0n) is 11.0. The van der Waals surface area contributed by atoms with Crippen LogP contribution in [0.25, 0.3) is 0 Å². The molecule has 8 heteroatoms. The molecule has 1 atom stereocenters. The summed E-state index contributed by atoms with van der Waals surface area (Å²) in [6.45, 7) is 0. The fraction of sp³-hybridized carbons (Fsp3) is 0.231. The number of aliphatic carboxylic acids is 1. The molecule has 0 aromatic heterocycles. The zero-order valence-corrected chi connectivity index (χ0v) is 11.0. The molecule has 0 saturated carbocycles. The van der Waals surface area contributed by atoms with Crippen LogP contribution in [0.1, 0.15) is 12.0 Å². The van der Waals surface area contributed by atoms with E-state index in [2.05, 4.69) is 10.6 Å². The van der Waals surface area contributed by atoms with Crippen LogP contribution in [0.4, 0.5) is 10.5 Å². The Morgan fingerprint density at radius 2 is 1.90 bits per heavy atom. The first kappa shape index (κ1) is 16.0. The van der Waals surface area contributed by atoms with Gasteiger partial charge in [-0.3, -0.25) is 4.79 Å². The van der Waals surface area contributed by atoms with E-state index >= 15 is 0 Å². The van der Waals surface area contributed by atoms with E-state index in [1.807, 2.05) is 6.07 Å². The number of benzene rings is 1. The van der Waals surface area contributed by atoms with Crippen molar-refractivity contribution in [3.05, 3.63) is 29.8 Å². The number of nitriles is 1. The number of carboxylic acids is 1. The average Bonchev–Trinajstić information content (AvgIpc) is 2.40. The lowest BCUT2D eigenvalue weighted by Gasteiger charge is -2.13. The van der Waals surface area contributed by atoms with Gasteiger partial charge < -0.3 is 21.5 Å². The van der Waals surface area contributed by atoms with Crippen molar-refractivity contribution in [1.82, 2.24) is 5.32 Å². The Hall–Kier alpha value is -3.08. The van der Waals surface area contributed by atoms with Gasteiger partial charge in [0.05, 0.1) is 18.9 Å². The van der Waals surface area contributed by atoms with Gasteiger partial charge in [0.2, 0.25) is 5.91 Å².